The van der Waals surface area contributed by atoms with Crippen LogP contribution in [0.15, 0.2) is 52.3 Å². The van der Waals surface area contributed by atoms with E-state index in [1.54, 1.807) is 0 Å². The summed E-state index contributed by atoms with van der Waals surface area (Å²) in [5.74, 6) is -1.37. The monoisotopic (exact) mass is 664 g/mol. The lowest BCUT2D eigenvalue weighted by Gasteiger charge is -2.12. The number of nitrogens with one attached hydrogen (secondary N) is 2. The van der Waals surface area contributed by atoms with Crippen LogP contribution in [0, 0.1) is 10.1 Å². The van der Waals surface area contributed by atoms with Crippen molar-refractivity contribution in [2.24, 2.45) is 0 Å². The van der Waals surface area contributed by atoms with Crippen LogP contribution in [0.1, 0.15) is 17.8 Å². The van der Waals surface area contributed by atoms with Crippen LogP contribution in [0.5, 0.6) is 0 Å². The van der Waals surface area contributed by atoms with Gasteiger partial charge in [0.2, 0.25) is 11.9 Å². The molecule has 0 bridgehead atoms. The summed E-state index contributed by atoms with van der Waals surface area (Å²) >= 11 is 1.02. The van der Waals surface area contributed by atoms with Crippen LogP contribution < -0.4 is 10.6 Å². The van der Waals surface area contributed by atoms with Crippen molar-refractivity contribution in [3.8, 4) is 0 Å². The summed E-state index contributed by atoms with van der Waals surface area (Å²) in [6.45, 7) is -0.307. The lowest BCUT2D eigenvalue weighted by Crippen LogP contribution is -2.17. The molecule has 0 radical (unpaired) electrons. The standard InChI is InChI=1S/C21H24N6O11S4/c28-27(29)16-13-15(6-7-17(16)39-9-3-10-40(30,31)32)23-21-25-19(24-20(26-21)22-8-11-41(33,34)35)12-14-4-1-2-5-18(14)42(36,37)38/h1-2,4-7,13H,3,8-12H2,(H,30,31,32)(H,33,34,35)(H,36,37,38)(H2,22,23,24,25,26). The second-order valence-corrected chi connectivity index (χ2v) is 14.1. The maximum atomic E-state index is 11.8. The largest absolute Gasteiger partial charge is 0.353 e. The van der Waals surface area contributed by atoms with Crippen LogP contribution >= 0.6 is 11.8 Å². The van der Waals surface area contributed by atoms with Gasteiger partial charge < -0.3 is 10.6 Å². The third-order valence-electron chi connectivity index (χ3n) is 5.14. The summed E-state index contributed by atoms with van der Waals surface area (Å²) in [5.41, 5.74) is -0.0323. The molecule has 0 saturated heterocycles. The molecule has 228 valence electrons. The molecule has 1 heterocycles. The van der Waals surface area contributed by atoms with E-state index in [0.717, 1.165) is 11.8 Å². The van der Waals surface area contributed by atoms with Gasteiger partial charge in [-0.15, -0.1) is 11.8 Å². The van der Waals surface area contributed by atoms with E-state index in [2.05, 4.69) is 25.6 Å². The first-order chi connectivity index (χ1) is 19.5. The van der Waals surface area contributed by atoms with Crippen molar-refractivity contribution >= 4 is 65.4 Å². The molecule has 5 N–H and O–H groups in total. The summed E-state index contributed by atoms with van der Waals surface area (Å²) in [5, 5.41) is 17.0. The number of aromatic nitrogens is 3. The number of nitro benzene ring substituents is 1. The van der Waals surface area contributed by atoms with E-state index in [-0.39, 0.29) is 69.6 Å². The smallest absolute Gasteiger partial charge is 0.294 e. The SMILES string of the molecule is O=[N+]([O-])c1cc(Nc2nc(Cc3ccccc3S(=O)(=O)O)nc(NCCS(=O)(=O)O)n2)ccc1SCCCS(=O)(=O)O. The van der Waals surface area contributed by atoms with Gasteiger partial charge in [0.25, 0.3) is 36.0 Å². The van der Waals surface area contributed by atoms with Gasteiger partial charge in [-0.05, 0) is 35.9 Å². The van der Waals surface area contributed by atoms with Gasteiger partial charge in [-0.25, -0.2) is 0 Å². The van der Waals surface area contributed by atoms with Crippen LogP contribution in [0.4, 0.5) is 23.3 Å². The van der Waals surface area contributed by atoms with Crippen LogP contribution in [0.25, 0.3) is 0 Å². The normalized spacial score (nSPS) is 12.2. The van der Waals surface area contributed by atoms with E-state index >= 15 is 0 Å². The molecule has 0 aliphatic rings. The summed E-state index contributed by atoms with van der Waals surface area (Å²) in [4.78, 5) is 23.3. The van der Waals surface area contributed by atoms with Crippen molar-refractivity contribution in [2.45, 2.75) is 22.6 Å². The Morgan fingerprint density at radius 2 is 1.55 bits per heavy atom. The second-order valence-electron chi connectivity index (χ2n) is 8.42. The number of benzene rings is 2. The number of rotatable bonds is 15. The molecule has 0 unspecified atom stereocenters. The van der Waals surface area contributed by atoms with E-state index < -0.39 is 46.8 Å². The molecule has 0 atom stereocenters. The number of hydrogen-bond acceptors (Lipinski definition) is 14. The maximum Gasteiger partial charge on any atom is 0.294 e. The molecule has 21 heteroatoms. The minimum atomic E-state index is -4.59. The highest BCUT2D eigenvalue weighted by Crippen LogP contribution is 2.33. The van der Waals surface area contributed by atoms with Gasteiger partial charge in [-0.1, -0.05) is 18.2 Å². The number of anilines is 3. The van der Waals surface area contributed by atoms with E-state index in [0.29, 0.717) is 0 Å². The fourth-order valence-corrected chi connectivity index (χ4v) is 6.14. The predicted molar refractivity (Wildman–Crippen MR) is 152 cm³/mol. The van der Waals surface area contributed by atoms with E-state index in [1.165, 1.54) is 42.5 Å². The Kier molecular flexibility index (Phi) is 10.8. The van der Waals surface area contributed by atoms with E-state index in [1.807, 2.05) is 0 Å². The van der Waals surface area contributed by atoms with Crippen LogP contribution in [0.2, 0.25) is 0 Å². The summed E-state index contributed by atoms with van der Waals surface area (Å²) in [7, 11) is -13.1. The molecule has 2 aromatic carbocycles. The molecule has 42 heavy (non-hydrogen) atoms. The van der Waals surface area contributed by atoms with Gasteiger partial charge >= 0.3 is 0 Å². The molecular formula is C21H24N6O11S4. The van der Waals surface area contributed by atoms with Crippen molar-refractivity contribution < 1.29 is 43.8 Å². The highest BCUT2D eigenvalue weighted by Gasteiger charge is 2.19. The molecule has 0 fully saturated rings. The van der Waals surface area contributed by atoms with Crippen molar-refractivity contribution in [3.05, 3.63) is 64.0 Å². The van der Waals surface area contributed by atoms with Crippen molar-refractivity contribution in [2.75, 3.05) is 34.4 Å². The molecule has 0 spiro atoms. The zero-order valence-corrected chi connectivity index (χ0v) is 24.6. The molecule has 0 aliphatic heterocycles. The van der Waals surface area contributed by atoms with Gasteiger partial charge in [-0.3, -0.25) is 23.8 Å². The third kappa shape index (κ3) is 10.7. The van der Waals surface area contributed by atoms with Gasteiger partial charge in [-0.2, -0.15) is 40.2 Å². The first kappa shape index (κ1) is 33.0. The molecule has 3 rings (SSSR count). The molecule has 1 aromatic heterocycles. The van der Waals surface area contributed by atoms with Crippen molar-refractivity contribution in [3.63, 3.8) is 0 Å². The zero-order valence-electron chi connectivity index (χ0n) is 21.3. The fraction of sp³-hybridized carbons (Fsp3) is 0.286. The Bertz CT molecular complexity index is 1790. The lowest BCUT2D eigenvalue weighted by molar-refractivity contribution is -0.387. The molecule has 17 nitrogen and oxygen atoms in total. The zero-order chi connectivity index (χ0) is 31.1. The average Bonchev–Trinajstić information content (AvgIpc) is 2.85. The Morgan fingerprint density at radius 1 is 0.881 bits per heavy atom. The average molecular weight is 665 g/mol. The Balaban J connectivity index is 1.91. The molecule has 0 aliphatic carbocycles. The molecular weight excluding hydrogens is 641 g/mol. The van der Waals surface area contributed by atoms with Crippen molar-refractivity contribution in [1.82, 2.24) is 15.0 Å². The maximum absolute atomic E-state index is 11.8. The summed E-state index contributed by atoms with van der Waals surface area (Å²) in [6.07, 6.45) is -0.165. The third-order valence-corrected chi connectivity index (χ3v) is 8.77. The first-order valence-electron chi connectivity index (χ1n) is 11.6. The number of thioether (sulfide) groups is 1. The topological polar surface area (TPSA) is 269 Å². The first-order valence-corrected chi connectivity index (χ1v) is 17.3. The Labute approximate surface area is 244 Å². The molecule has 0 saturated carbocycles. The Hall–Kier alpha value is -3.47. The summed E-state index contributed by atoms with van der Waals surface area (Å²) in [6, 6.07) is 9.57. The van der Waals surface area contributed by atoms with Gasteiger partial charge in [0.05, 0.1) is 26.2 Å². The molecule has 0 amide bonds. The summed E-state index contributed by atoms with van der Waals surface area (Å²) < 4.78 is 94.9. The quantitative estimate of drug-likeness (QED) is 0.0511. The highest BCUT2D eigenvalue weighted by atomic mass is 32.2. The number of nitro groups is 1. The lowest BCUT2D eigenvalue weighted by atomic mass is 10.1. The van der Waals surface area contributed by atoms with E-state index in [9.17, 15) is 39.9 Å². The number of nitrogens with zero attached hydrogens (tertiary/aromatic N) is 4. The van der Waals surface area contributed by atoms with Gasteiger partial charge in [0.1, 0.15) is 5.82 Å². The van der Waals surface area contributed by atoms with Gasteiger partial charge in [0, 0.05) is 24.7 Å². The fourth-order valence-electron chi connectivity index (χ4n) is 3.41. The predicted octanol–water partition coefficient (Wildman–Crippen LogP) is 2.03. The second kappa shape index (κ2) is 13.7. The minimum Gasteiger partial charge on any atom is -0.353 e. The van der Waals surface area contributed by atoms with Crippen LogP contribution in [-0.4, -0.2) is 82.6 Å². The van der Waals surface area contributed by atoms with Crippen molar-refractivity contribution in [1.29, 1.82) is 0 Å². The Morgan fingerprint density at radius 3 is 2.19 bits per heavy atom. The van der Waals surface area contributed by atoms with Crippen LogP contribution in [-0.2, 0) is 36.8 Å². The highest BCUT2D eigenvalue weighted by molar-refractivity contribution is 7.99. The number of hydrogen-bond donors (Lipinski definition) is 5. The minimum absolute atomic E-state index is 0.0292. The van der Waals surface area contributed by atoms with E-state index in [4.69, 9.17) is 9.11 Å². The molecule has 3 aromatic rings. The van der Waals surface area contributed by atoms with Gasteiger partial charge in [0.15, 0.2) is 0 Å². The van der Waals surface area contributed by atoms with Crippen LogP contribution in [0.3, 0.4) is 0 Å².